The number of aryl methyl sites for hydroxylation is 1. The first-order valence-corrected chi connectivity index (χ1v) is 7.12. The molecule has 3 rings (SSSR count). The fourth-order valence-electron chi connectivity index (χ4n) is 2.83. The van der Waals surface area contributed by atoms with Crippen LogP contribution in [0.4, 0.5) is 0 Å². The Kier molecular flexibility index (Phi) is 3.44. The largest absolute Gasteiger partial charge is 0.328 e. The zero-order chi connectivity index (χ0) is 14.1. The maximum Gasteiger partial charge on any atom is 0.328 e. The first-order valence-electron chi connectivity index (χ1n) is 7.12. The lowest BCUT2D eigenvalue weighted by Gasteiger charge is -2.23. The third-order valence-corrected chi connectivity index (χ3v) is 3.95. The van der Waals surface area contributed by atoms with Crippen molar-refractivity contribution in [1.82, 2.24) is 14.9 Å². The first kappa shape index (κ1) is 13.1. The Labute approximate surface area is 116 Å². The van der Waals surface area contributed by atoms with Gasteiger partial charge in [-0.15, -0.1) is 0 Å². The molecule has 5 nitrogen and oxygen atoms in total. The maximum absolute atomic E-state index is 12.4. The molecule has 0 radical (unpaired) electrons. The second-order valence-electron chi connectivity index (χ2n) is 5.54. The van der Waals surface area contributed by atoms with E-state index in [9.17, 15) is 9.59 Å². The molecule has 1 atom stereocenters. The Hall–Kier alpha value is -1.88. The van der Waals surface area contributed by atoms with Crippen LogP contribution in [0, 0.1) is 6.92 Å². The van der Waals surface area contributed by atoms with Crippen LogP contribution in [-0.2, 0) is 6.54 Å². The number of aromatic nitrogens is 2. The molecule has 1 unspecified atom stereocenters. The van der Waals surface area contributed by atoms with Crippen LogP contribution in [0.2, 0.25) is 0 Å². The number of benzene rings is 1. The van der Waals surface area contributed by atoms with Crippen LogP contribution >= 0.6 is 0 Å². The van der Waals surface area contributed by atoms with Gasteiger partial charge in [0.1, 0.15) is 0 Å². The van der Waals surface area contributed by atoms with Crippen LogP contribution in [0.15, 0.2) is 27.8 Å². The molecule has 0 spiro atoms. The van der Waals surface area contributed by atoms with Crippen molar-refractivity contribution in [3.8, 4) is 0 Å². The molecule has 106 valence electrons. The second-order valence-corrected chi connectivity index (χ2v) is 5.54. The molecule has 2 heterocycles. The van der Waals surface area contributed by atoms with E-state index in [0.717, 1.165) is 24.9 Å². The van der Waals surface area contributed by atoms with Crippen molar-refractivity contribution in [2.24, 2.45) is 0 Å². The van der Waals surface area contributed by atoms with Crippen LogP contribution in [0.1, 0.15) is 24.8 Å². The third-order valence-electron chi connectivity index (χ3n) is 3.95. The summed E-state index contributed by atoms with van der Waals surface area (Å²) in [6.45, 7) is 3.34. The number of nitrogens with one attached hydrogen (secondary N) is 2. The Bertz CT molecular complexity index is 739. The van der Waals surface area contributed by atoms with Gasteiger partial charge < -0.3 is 10.3 Å². The number of fused-ring (bicyclic) bond motifs is 1. The number of aromatic amines is 1. The minimum absolute atomic E-state index is 0.198. The Morgan fingerprint density at radius 2 is 2.15 bits per heavy atom. The van der Waals surface area contributed by atoms with E-state index < -0.39 is 0 Å². The summed E-state index contributed by atoms with van der Waals surface area (Å²) in [4.78, 5) is 27.4. The second kappa shape index (κ2) is 5.25. The van der Waals surface area contributed by atoms with E-state index in [1.54, 1.807) is 6.07 Å². The van der Waals surface area contributed by atoms with Crippen molar-refractivity contribution >= 4 is 10.9 Å². The van der Waals surface area contributed by atoms with Crippen molar-refractivity contribution in [2.75, 3.05) is 6.54 Å². The van der Waals surface area contributed by atoms with Gasteiger partial charge in [0.15, 0.2) is 0 Å². The molecule has 0 aliphatic carbocycles. The van der Waals surface area contributed by atoms with Crippen LogP contribution in [0.5, 0.6) is 0 Å². The van der Waals surface area contributed by atoms with Gasteiger partial charge in [0, 0.05) is 12.6 Å². The molecule has 0 bridgehead atoms. The zero-order valence-corrected chi connectivity index (χ0v) is 11.6. The number of rotatable bonds is 2. The maximum atomic E-state index is 12.4. The monoisotopic (exact) mass is 273 g/mol. The van der Waals surface area contributed by atoms with E-state index in [4.69, 9.17) is 0 Å². The van der Waals surface area contributed by atoms with E-state index in [1.165, 1.54) is 11.0 Å². The third kappa shape index (κ3) is 2.41. The van der Waals surface area contributed by atoms with Crippen LogP contribution in [0.3, 0.4) is 0 Å². The van der Waals surface area contributed by atoms with Crippen LogP contribution in [-0.4, -0.2) is 22.1 Å². The van der Waals surface area contributed by atoms with E-state index in [1.807, 2.05) is 19.1 Å². The van der Waals surface area contributed by atoms with Gasteiger partial charge in [-0.1, -0.05) is 12.5 Å². The molecule has 2 N–H and O–H groups in total. The molecular weight excluding hydrogens is 254 g/mol. The molecule has 1 aromatic carbocycles. The minimum atomic E-state index is -0.319. The molecule has 0 saturated carbocycles. The SMILES string of the molecule is Cc1ccc2c(=O)n(CC3CCCCN3)c(=O)[nH]c2c1. The summed E-state index contributed by atoms with van der Waals surface area (Å²) in [7, 11) is 0. The van der Waals surface area contributed by atoms with Crippen molar-refractivity contribution < 1.29 is 0 Å². The molecule has 1 aliphatic heterocycles. The summed E-state index contributed by atoms with van der Waals surface area (Å²) in [6, 6.07) is 5.73. The van der Waals surface area contributed by atoms with Gasteiger partial charge in [-0.2, -0.15) is 0 Å². The van der Waals surface area contributed by atoms with Gasteiger partial charge in [0.25, 0.3) is 5.56 Å². The van der Waals surface area contributed by atoms with Gasteiger partial charge in [-0.25, -0.2) is 4.79 Å². The van der Waals surface area contributed by atoms with Gasteiger partial charge >= 0.3 is 5.69 Å². The van der Waals surface area contributed by atoms with Crippen LogP contribution in [0.25, 0.3) is 10.9 Å². The van der Waals surface area contributed by atoms with E-state index in [2.05, 4.69) is 10.3 Å². The molecule has 1 fully saturated rings. The Morgan fingerprint density at radius 1 is 1.30 bits per heavy atom. The predicted octanol–water partition coefficient (Wildman–Crippen LogP) is 1.14. The van der Waals surface area contributed by atoms with Crippen molar-refractivity contribution in [2.45, 2.75) is 38.8 Å². The topological polar surface area (TPSA) is 66.9 Å². The summed E-state index contributed by atoms with van der Waals surface area (Å²) in [5.74, 6) is 0. The summed E-state index contributed by atoms with van der Waals surface area (Å²) < 4.78 is 1.32. The van der Waals surface area contributed by atoms with E-state index in [0.29, 0.717) is 17.4 Å². The number of H-pyrrole nitrogens is 1. The van der Waals surface area contributed by atoms with E-state index >= 15 is 0 Å². The normalized spacial score (nSPS) is 19.4. The van der Waals surface area contributed by atoms with Crippen molar-refractivity contribution in [3.63, 3.8) is 0 Å². The van der Waals surface area contributed by atoms with Gasteiger partial charge in [-0.3, -0.25) is 9.36 Å². The standard InChI is InChI=1S/C15H19N3O2/c1-10-5-6-12-13(8-10)17-15(20)18(14(12)19)9-11-4-2-3-7-16-11/h5-6,8,11,16H,2-4,7,9H2,1H3,(H,17,20). The Morgan fingerprint density at radius 3 is 2.90 bits per heavy atom. The lowest BCUT2D eigenvalue weighted by molar-refractivity contribution is 0.355. The molecule has 20 heavy (non-hydrogen) atoms. The lowest BCUT2D eigenvalue weighted by Crippen LogP contribution is -2.44. The average Bonchev–Trinajstić information content (AvgIpc) is 2.44. The first-order chi connectivity index (χ1) is 9.65. The fourth-order valence-corrected chi connectivity index (χ4v) is 2.83. The quantitative estimate of drug-likeness (QED) is 0.862. The molecular formula is C15H19N3O2. The molecule has 1 aliphatic rings. The summed E-state index contributed by atoms with van der Waals surface area (Å²) >= 11 is 0. The molecule has 1 saturated heterocycles. The van der Waals surface area contributed by atoms with Gasteiger partial charge in [0.05, 0.1) is 10.9 Å². The highest BCUT2D eigenvalue weighted by Crippen LogP contribution is 2.10. The number of hydrogen-bond donors (Lipinski definition) is 2. The smallest absolute Gasteiger partial charge is 0.312 e. The molecule has 1 aromatic heterocycles. The van der Waals surface area contributed by atoms with Gasteiger partial charge in [-0.05, 0) is 44.0 Å². The fraction of sp³-hybridized carbons (Fsp3) is 0.467. The van der Waals surface area contributed by atoms with Crippen molar-refractivity contribution in [3.05, 3.63) is 44.6 Å². The number of hydrogen-bond acceptors (Lipinski definition) is 3. The van der Waals surface area contributed by atoms with E-state index in [-0.39, 0.29) is 17.3 Å². The lowest BCUT2D eigenvalue weighted by atomic mass is 10.1. The minimum Gasteiger partial charge on any atom is -0.312 e. The Balaban J connectivity index is 2.04. The number of piperidine rings is 1. The highest BCUT2D eigenvalue weighted by molar-refractivity contribution is 5.77. The van der Waals surface area contributed by atoms with Crippen LogP contribution < -0.4 is 16.6 Å². The summed E-state index contributed by atoms with van der Waals surface area (Å²) in [5.41, 5.74) is 1.13. The highest BCUT2D eigenvalue weighted by atomic mass is 16.2. The summed E-state index contributed by atoms with van der Waals surface area (Å²) in [5, 5.41) is 3.94. The van der Waals surface area contributed by atoms with Gasteiger partial charge in [0.2, 0.25) is 0 Å². The molecule has 0 amide bonds. The molecule has 5 heteroatoms. The molecule has 2 aromatic rings. The summed E-state index contributed by atoms with van der Waals surface area (Å²) in [6.07, 6.45) is 3.33. The predicted molar refractivity (Wildman–Crippen MR) is 79.2 cm³/mol. The van der Waals surface area contributed by atoms with Crippen molar-refractivity contribution in [1.29, 1.82) is 0 Å². The number of nitrogens with zero attached hydrogens (tertiary/aromatic N) is 1. The zero-order valence-electron chi connectivity index (χ0n) is 11.6. The average molecular weight is 273 g/mol. The highest BCUT2D eigenvalue weighted by Gasteiger charge is 2.16.